The Bertz CT molecular complexity index is 147. The molecule has 0 aromatic rings. The van der Waals surface area contributed by atoms with Crippen LogP contribution in [-0.2, 0) is 0 Å². The summed E-state index contributed by atoms with van der Waals surface area (Å²) in [5.41, 5.74) is 0. The lowest BCUT2D eigenvalue weighted by atomic mass is 10.3. The van der Waals surface area contributed by atoms with Crippen molar-refractivity contribution in [1.82, 2.24) is 0 Å². The summed E-state index contributed by atoms with van der Waals surface area (Å²) in [5.74, 6) is 0. The first-order chi connectivity index (χ1) is 4.81. The van der Waals surface area contributed by atoms with E-state index < -0.39 is 0 Å². The fourth-order valence-electron chi connectivity index (χ4n) is 0.455. The number of hydrogen-bond acceptors (Lipinski definition) is 2. The van der Waals surface area contributed by atoms with E-state index in [0.717, 1.165) is 4.91 Å². The quantitative estimate of drug-likeness (QED) is 0.470. The summed E-state index contributed by atoms with van der Waals surface area (Å²) in [5, 5.41) is 8.39. The van der Waals surface area contributed by atoms with E-state index in [-0.39, 0.29) is 6.61 Å². The van der Waals surface area contributed by atoms with Crippen LogP contribution in [0.5, 0.6) is 0 Å². The molecule has 0 aromatic carbocycles. The van der Waals surface area contributed by atoms with Crippen LogP contribution in [0.4, 0.5) is 0 Å². The van der Waals surface area contributed by atoms with Gasteiger partial charge in [-0.05, 0) is 12.5 Å². The highest BCUT2D eigenvalue weighted by Crippen LogP contribution is 2.02. The van der Waals surface area contributed by atoms with Gasteiger partial charge in [-0.1, -0.05) is 24.8 Å². The van der Waals surface area contributed by atoms with Crippen LogP contribution in [-0.4, -0.2) is 11.7 Å². The van der Waals surface area contributed by atoms with E-state index in [4.69, 9.17) is 5.11 Å². The third-order valence-corrected chi connectivity index (χ3v) is 1.17. The summed E-state index contributed by atoms with van der Waals surface area (Å²) in [6.07, 6.45) is 7.83. The molecule has 0 rings (SSSR count). The summed E-state index contributed by atoms with van der Waals surface area (Å²) in [7, 11) is 0. The average Bonchev–Trinajstić information content (AvgIpc) is 1.89. The minimum Gasteiger partial charge on any atom is -0.396 e. The second kappa shape index (κ2) is 6.65. The minimum atomic E-state index is 0.186. The first kappa shape index (κ1) is 9.53. The number of rotatable bonds is 4. The van der Waals surface area contributed by atoms with Gasteiger partial charge in [0.05, 0.1) is 0 Å². The standard InChI is InChI=1S/C8H12OS/c1-2-5-8(10)6-3-4-7-9/h2-3,5-6,9-10H,1,4,7H2/b6-3-,8-5+. The maximum Gasteiger partial charge on any atom is 0.0465 e. The van der Waals surface area contributed by atoms with Crippen molar-refractivity contribution in [3.05, 3.63) is 35.8 Å². The minimum absolute atomic E-state index is 0.186. The molecule has 1 N–H and O–H groups in total. The van der Waals surface area contributed by atoms with Gasteiger partial charge in [-0.25, -0.2) is 0 Å². The Labute approximate surface area is 67.2 Å². The molecule has 0 saturated heterocycles. The molecule has 0 spiro atoms. The third kappa shape index (κ3) is 5.66. The Hall–Kier alpha value is -0.470. The van der Waals surface area contributed by atoms with Gasteiger partial charge in [0.25, 0.3) is 0 Å². The lowest BCUT2D eigenvalue weighted by molar-refractivity contribution is 0.302. The maximum absolute atomic E-state index is 8.39. The van der Waals surface area contributed by atoms with Crippen molar-refractivity contribution in [2.24, 2.45) is 0 Å². The Kier molecular flexibility index (Phi) is 6.33. The SMILES string of the molecule is C=C/C=C(S)\C=C/CCO. The molecule has 0 aliphatic rings. The number of aliphatic hydroxyl groups excluding tert-OH is 1. The second-order valence-corrected chi connectivity index (χ2v) is 2.26. The van der Waals surface area contributed by atoms with Crippen LogP contribution in [0.3, 0.4) is 0 Å². The molecular formula is C8H12OS. The largest absolute Gasteiger partial charge is 0.396 e. The van der Waals surface area contributed by atoms with Crippen molar-refractivity contribution in [3.8, 4) is 0 Å². The lowest BCUT2D eigenvalue weighted by Gasteiger charge is -1.86. The highest BCUT2D eigenvalue weighted by atomic mass is 32.1. The second-order valence-electron chi connectivity index (χ2n) is 1.74. The van der Waals surface area contributed by atoms with E-state index >= 15 is 0 Å². The molecule has 0 aromatic heterocycles. The zero-order chi connectivity index (χ0) is 7.82. The summed E-state index contributed by atoms with van der Waals surface area (Å²) in [6.45, 7) is 3.71. The van der Waals surface area contributed by atoms with Crippen LogP contribution >= 0.6 is 12.6 Å². The van der Waals surface area contributed by atoms with Crippen molar-refractivity contribution in [2.75, 3.05) is 6.61 Å². The Morgan fingerprint density at radius 2 is 2.30 bits per heavy atom. The molecule has 0 amide bonds. The summed E-state index contributed by atoms with van der Waals surface area (Å²) in [4.78, 5) is 0.850. The van der Waals surface area contributed by atoms with Crippen LogP contribution in [0.1, 0.15) is 6.42 Å². The van der Waals surface area contributed by atoms with Gasteiger partial charge in [0, 0.05) is 11.5 Å². The van der Waals surface area contributed by atoms with Gasteiger partial charge in [0.2, 0.25) is 0 Å². The summed E-state index contributed by atoms with van der Waals surface area (Å²) < 4.78 is 0. The molecule has 0 radical (unpaired) electrons. The van der Waals surface area contributed by atoms with Crippen molar-refractivity contribution in [3.63, 3.8) is 0 Å². The Morgan fingerprint density at radius 3 is 2.80 bits per heavy atom. The monoisotopic (exact) mass is 156 g/mol. The first-order valence-corrected chi connectivity index (χ1v) is 3.55. The highest BCUT2D eigenvalue weighted by molar-refractivity contribution is 7.84. The maximum atomic E-state index is 8.39. The molecule has 0 unspecified atom stereocenters. The van der Waals surface area contributed by atoms with Gasteiger partial charge >= 0.3 is 0 Å². The molecule has 0 atom stereocenters. The number of allylic oxidation sites excluding steroid dienone is 3. The Balaban J connectivity index is 3.65. The molecule has 0 bridgehead atoms. The molecular weight excluding hydrogens is 144 g/mol. The zero-order valence-corrected chi connectivity index (χ0v) is 6.72. The lowest BCUT2D eigenvalue weighted by Crippen LogP contribution is -1.74. The van der Waals surface area contributed by atoms with E-state index in [1.54, 1.807) is 12.2 Å². The topological polar surface area (TPSA) is 20.2 Å². The molecule has 2 heteroatoms. The smallest absolute Gasteiger partial charge is 0.0465 e. The fourth-order valence-corrected chi connectivity index (χ4v) is 0.666. The molecule has 0 heterocycles. The number of aliphatic hydroxyl groups is 1. The van der Waals surface area contributed by atoms with Gasteiger partial charge < -0.3 is 5.11 Å². The zero-order valence-electron chi connectivity index (χ0n) is 5.83. The van der Waals surface area contributed by atoms with Crippen LogP contribution in [0.15, 0.2) is 35.8 Å². The number of hydrogen-bond donors (Lipinski definition) is 2. The average molecular weight is 156 g/mol. The van der Waals surface area contributed by atoms with E-state index in [0.29, 0.717) is 6.42 Å². The van der Waals surface area contributed by atoms with Gasteiger partial charge in [-0.15, -0.1) is 12.6 Å². The van der Waals surface area contributed by atoms with Crippen LogP contribution in [0.2, 0.25) is 0 Å². The predicted octanol–water partition coefficient (Wildman–Crippen LogP) is 1.92. The Morgan fingerprint density at radius 1 is 1.60 bits per heavy atom. The molecule has 0 fully saturated rings. The van der Waals surface area contributed by atoms with E-state index in [2.05, 4.69) is 19.2 Å². The van der Waals surface area contributed by atoms with Crippen molar-refractivity contribution < 1.29 is 5.11 Å². The third-order valence-electron chi connectivity index (χ3n) is 0.873. The highest BCUT2D eigenvalue weighted by Gasteiger charge is 1.77. The van der Waals surface area contributed by atoms with E-state index in [1.807, 2.05) is 12.2 Å². The van der Waals surface area contributed by atoms with Crippen LogP contribution in [0.25, 0.3) is 0 Å². The first-order valence-electron chi connectivity index (χ1n) is 3.10. The predicted molar refractivity (Wildman–Crippen MR) is 48.1 cm³/mol. The van der Waals surface area contributed by atoms with Crippen molar-refractivity contribution in [1.29, 1.82) is 0 Å². The van der Waals surface area contributed by atoms with Crippen molar-refractivity contribution in [2.45, 2.75) is 6.42 Å². The molecule has 56 valence electrons. The van der Waals surface area contributed by atoms with Crippen LogP contribution in [0, 0.1) is 0 Å². The summed E-state index contributed by atoms with van der Waals surface area (Å²) in [6, 6.07) is 0. The fraction of sp³-hybridized carbons (Fsp3) is 0.250. The number of thiol groups is 1. The van der Waals surface area contributed by atoms with Gasteiger partial charge in [0.1, 0.15) is 0 Å². The molecule has 1 nitrogen and oxygen atoms in total. The van der Waals surface area contributed by atoms with Crippen molar-refractivity contribution >= 4 is 12.6 Å². The van der Waals surface area contributed by atoms with E-state index in [9.17, 15) is 0 Å². The van der Waals surface area contributed by atoms with Gasteiger partial charge in [-0.3, -0.25) is 0 Å². The van der Waals surface area contributed by atoms with Gasteiger partial charge in [0.15, 0.2) is 0 Å². The normalized spacial score (nSPS) is 12.4. The molecule has 0 saturated carbocycles. The molecule has 0 aliphatic heterocycles. The summed E-state index contributed by atoms with van der Waals surface area (Å²) >= 11 is 4.10. The van der Waals surface area contributed by atoms with Gasteiger partial charge in [-0.2, -0.15) is 0 Å². The van der Waals surface area contributed by atoms with Crippen LogP contribution < -0.4 is 0 Å². The van der Waals surface area contributed by atoms with E-state index in [1.165, 1.54) is 0 Å². The molecule has 0 aliphatic carbocycles. The molecule has 10 heavy (non-hydrogen) atoms.